The van der Waals surface area contributed by atoms with Crippen LogP contribution in [0.15, 0.2) is 5.38 Å². The molecule has 62 valence electrons. The Labute approximate surface area is 71.9 Å². The summed E-state index contributed by atoms with van der Waals surface area (Å²) in [5.74, 6) is 0. The van der Waals surface area contributed by atoms with Gasteiger partial charge in [-0.25, -0.2) is 4.98 Å². The van der Waals surface area contributed by atoms with Gasteiger partial charge in [0.05, 0.1) is 5.69 Å². The van der Waals surface area contributed by atoms with Crippen molar-refractivity contribution in [3.05, 3.63) is 11.1 Å². The molecule has 0 bridgehead atoms. The number of thiazole rings is 1. The van der Waals surface area contributed by atoms with E-state index in [1.54, 1.807) is 11.3 Å². The first kappa shape index (κ1) is 8.53. The van der Waals surface area contributed by atoms with Crippen molar-refractivity contribution in [1.82, 2.24) is 4.98 Å². The lowest BCUT2D eigenvalue weighted by atomic mass is 10.5. The first-order valence-electron chi connectivity index (χ1n) is 3.95. The predicted molar refractivity (Wildman–Crippen MR) is 50.4 cm³/mol. The van der Waals surface area contributed by atoms with Gasteiger partial charge in [0, 0.05) is 18.5 Å². The first-order valence-corrected chi connectivity index (χ1v) is 4.83. The Hall–Kier alpha value is -0.570. The van der Waals surface area contributed by atoms with Crippen LogP contribution in [-0.4, -0.2) is 18.1 Å². The summed E-state index contributed by atoms with van der Waals surface area (Å²) in [6.45, 7) is 8.43. The average Bonchev–Trinajstić information content (AvgIpc) is 2.39. The van der Waals surface area contributed by atoms with Crippen LogP contribution in [0.3, 0.4) is 0 Å². The molecule has 0 unspecified atom stereocenters. The zero-order chi connectivity index (χ0) is 8.27. The number of rotatable bonds is 3. The van der Waals surface area contributed by atoms with Gasteiger partial charge in [0.25, 0.3) is 0 Å². The summed E-state index contributed by atoms with van der Waals surface area (Å²) in [5, 5.41) is 3.24. The van der Waals surface area contributed by atoms with Crippen LogP contribution in [0.25, 0.3) is 0 Å². The van der Waals surface area contributed by atoms with Gasteiger partial charge in [0.15, 0.2) is 5.13 Å². The van der Waals surface area contributed by atoms with Crippen molar-refractivity contribution in [2.24, 2.45) is 0 Å². The molecular formula is C8H14N2S. The van der Waals surface area contributed by atoms with E-state index in [2.05, 4.69) is 29.1 Å². The second kappa shape index (κ2) is 3.72. The molecule has 3 heteroatoms. The SMILES string of the molecule is CCN(CC)c1nc(C)cs1. The molecule has 1 aromatic heterocycles. The molecule has 2 nitrogen and oxygen atoms in total. The summed E-state index contributed by atoms with van der Waals surface area (Å²) >= 11 is 1.72. The van der Waals surface area contributed by atoms with Crippen LogP contribution >= 0.6 is 11.3 Å². The molecule has 0 amide bonds. The molecule has 0 fully saturated rings. The fraction of sp³-hybridized carbons (Fsp3) is 0.625. The van der Waals surface area contributed by atoms with E-state index in [-0.39, 0.29) is 0 Å². The van der Waals surface area contributed by atoms with Gasteiger partial charge in [-0.1, -0.05) is 0 Å². The molecule has 0 aliphatic carbocycles. The Morgan fingerprint density at radius 1 is 1.45 bits per heavy atom. The minimum Gasteiger partial charge on any atom is -0.349 e. The first-order chi connectivity index (χ1) is 5.27. The minimum absolute atomic E-state index is 1.05. The van der Waals surface area contributed by atoms with Crippen LogP contribution in [0.2, 0.25) is 0 Å². The van der Waals surface area contributed by atoms with Crippen LogP contribution in [0, 0.1) is 6.92 Å². The summed E-state index contributed by atoms with van der Waals surface area (Å²) in [6.07, 6.45) is 0. The highest BCUT2D eigenvalue weighted by molar-refractivity contribution is 7.13. The van der Waals surface area contributed by atoms with Gasteiger partial charge >= 0.3 is 0 Å². The largest absolute Gasteiger partial charge is 0.349 e. The quantitative estimate of drug-likeness (QED) is 0.692. The third kappa shape index (κ3) is 1.93. The summed E-state index contributed by atoms with van der Waals surface area (Å²) < 4.78 is 0. The van der Waals surface area contributed by atoms with E-state index < -0.39 is 0 Å². The second-order valence-electron chi connectivity index (χ2n) is 2.44. The number of hydrogen-bond acceptors (Lipinski definition) is 3. The van der Waals surface area contributed by atoms with Crippen molar-refractivity contribution >= 4 is 16.5 Å². The molecule has 0 N–H and O–H groups in total. The van der Waals surface area contributed by atoms with Crippen LogP contribution in [0.1, 0.15) is 19.5 Å². The molecule has 0 aliphatic rings. The van der Waals surface area contributed by atoms with Gasteiger partial charge in [0.1, 0.15) is 0 Å². The molecule has 0 spiro atoms. The third-order valence-corrected chi connectivity index (χ3v) is 2.66. The van der Waals surface area contributed by atoms with Crippen LogP contribution < -0.4 is 4.90 Å². The monoisotopic (exact) mass is 170 g/mol. The maximum absolute atomic E-state index is 4.40. The lowest BCUT2D eigenvalue weighted by Gasteiger charge is -2.16. The summed E-state index contributed by atoms with van der Waals surface area (Å²) in [7, 11) is 0. The number of anilines is 1. The predicted octanol–water partition coefficient (Wildman–Crippen LogP) is 2.30. The summed E-state index contributed by atoms with van der Waals surface area (Å²) in [4.78, 5) is 6.66. The van der Waals surface area contributed by atoms with E-state index >= 15 is 0 Å². The Balaban J connectivity index is 2.73. The highest BCUT2D eigenvalue weighted by Gasteiger charge is 2.04. The minimum atomic E-state index is 1.05. The van der Waals surface area contributed by atoms with Crippen molar-refractivity contribution in [3.63, 3.8) is 0 Å². The molecule has 0 saturated carbocycles. The molecule has 1 heterocycles. The fourth-order valence-corrected chi connectivity index (χ4v) is 1.91. The lowest BCUT2D eigenvalue weighted by molar-refractivity contribution is 0.857. The fourth-order valence-electron chi connectivity index (χ4n) is 0.981. The number of aromatic nitrogens is 1. The Morgan fingerprint density at radius 3 is 2.45 bits per heavy atom. The van der Waals surface area contributed by atoms with Gasteiger partial charge in [-0.2, -0.15) is 0 Å². The molecule has 0 aliphatic heterocycles. The number of hydrogen-bond donors (Lipinski definition) is 0. The van der Waals surface area contributed by atoms with Gasteiger partial charge < -0.3 is 4.90 Å². The molecule has 0 aromatic carbocycles. The smallest absolute Gasteiger partial charge is 0.185 e. The topological polar surface area (TPSA) is 16.1 Å². The van der Waals surface area contributed by atoms with E-state index in [0.717, 1.165) is 23.9 Å². The Kier molecular flexibility index (Phi) is 2.88. The maximum atomic E-state index is 4.40. The molecular weight excluding hydrogens is 156 g/mol. The molecule has 0 atom stereocenters. The zero-order valence-corrected chi connectivity index (χ0v) is 8.11. The van der Waals surface area contributed by atoms with Crippen molar-refractivity contribution < 1.29 is 0 Å². The van der Waals surface area contributed by atoms with E-state index in [1.165, 1.54) is 0 Å². The van der Waals surface area contributed by atoms with Crippen LogP contribution in [0.4, 0.5) is 5.13 Å². The normalized spacial score (nSPS) is 10.1. The van der Waals surface area contributed by atoms with Crippen LogP contribution in [0.5, 0.6) is 0 Å². The molecule has 0 saturated heterocycles. The van der Waals surface area contributed by atoms with E-state index in [4.69, 9.17) is 0 Å². The van der Waals surface area contributed by atoms with Crippen molar-refractivity contribution in [1.29, 1.82) is 0 Å². The van der Waals surface area contributed by atoms with E-state index in [0.29, 0.717) is 0 Å². The van der Waals surface area contributed by atoms with Crippen LogP contribution in [-0.2, 0) is 0 Å². The standard InChI is InChI=1S/C8H14N2S/c1-4-10(5-2)8-9-7(3)6-11-8/h6H,4-5H2,1-3H3. The molecule has 11 heavy (non-hydrogen) atoms. The highest BCUT2D eigenvalue weighted by Crippen LogP contribution is 2.18. The average molecular weight is 170 g/mol. The van der Waals surface area contributed by atoms with Crippen molar-refractivity contribution in [2.45, 2.75) is 20.8 Å². The third-order valence-electron chi connectivity index (χ3n) is 1.64. The molecule has 0 radical (unpaired) electrons. The van der Waals surface area contributed by atoms with Gasteiger partial charge in [-0.05, 0) is 20.8 Å². The molecule has 1 rings (SSSR count). The van der Waals surface area contributed by atoms with Gasteiger partial charge in [0.2, 0.25) is 0 Å². The lowest BCUT2D eigenvalue weighted by Crippen LogP contribution is -2.21. The highest BCUT2D eigenvalue weighted by atomic mass is 32.1. The molecule has 1 aromatic rings. The van der Waals surface area contributed by atoms with Crippen molar-refractivity contribution in [2.75, 3.05) is 18.0 Å². The second-order valence-corrected chi connectivity index (χ2v) is 3.28. The Morgan fingerprint density at radius 2 is 2.09 bits per heavy atom. The zero-order valence-electron chi connectivity index (χ0n) is 7.29. The van der Waals surface area contributed by atoms with Gasteiger partial charge in [-0.3, -0.25) is 0 Å². The maximum Gasteiger partial charge on any atom is 0.185 e. The summed E-state index contributed by atoms with van der Waals surface area (Å²) in [5.41, 5.74) is 1.12. The van der Waals surface area contributed by atoms with E-state index in [1.807, 2.05) is 6.92 Å². The number of nitrogens with zero attached hydrogens (tertiary/aromatic N) is 2. The van der Waals surface area contributed by atoms with E-state index in [9.17, 15) is 0 Å². The summed E-state index contributed by atoms with van der Waals surface area (Å²) in [6, 6.07) is 0. The van der Waals surface area contributed by atoms with Gasteiger partial charge in [-0.15, -0.1) is 11.3 Å². The number of aryl methyl sites for hydroxylation is 1. The Bertz CT molecular complexity index is 216. The van der Waals surface area contributed by atoms with Crippen molar-refractivity contribution in [3.8, 4) is 0 Å².